The second kappa shape index (κ2) is 8.40. The van der Waals surface area contributed by atoms with E-state index in [1.54, 1.807) is 6.07 Å². The first-order valence-corrected chi connectivity index (χ1v) is 10.5. The normalized spacial score (nSPS) is 18.4. The molecule has 1 aromatic carbocycles. The Morgan fingerprint density at radius 3 is 2.79 bits per heavy atom. The molecule has 28 heavy (non-hydrogen) atoms. The third-order valence-electron chi connectivity index (χ3n) is 4.91. The molecule has 2 aromatic rings. The molecule has 1 aromatic heterocycles. The van der Waals surface area contributed by atoms with E-state index in [0.29, 0.717) is 10.9 Å². The van der Waals surface area contributed by atoms with Crippen molar-refractivity contribution in [3.8, 4) is 5.75 Å². The van der Waals surface area contributed by atoms with Gasteiger partial charge in [-0.2, -0.15) is 0 Å². The zero-order valence-electron chi connectivity index (χ0n) is 16.1. The summed E-state index contributed by atoms with van der Waals surface area (Å²) in [6.45, 7) is 5.84. The van der Waals surface area contributed by atoms with E-state index in [1.165, 1.54) is 24.9 Å². The van der Waals surface area contributed by atoms with E-state index in [9.17, 15) is 4.39 Å². The molecule has 9 heteroatoms. The Labute approximate surface area is 168 Å². The monoisotopic (exact) mass is 404 g/mol. The van der Waals surface area contributed by atoms with E-state index in [1.807, 2.05) is 6.07 Å². The first-order valence-electron chi connectivity index (χ1n) is 9.54. The SMILES string of the molecule is CCC1Nc2nc(SCc3ccc(OC)c(F)c3)nc(N3CCNCC3)c2N1. The zero-order chi connectivity index (χ0) is 19.5. The van der Waals surface area contributed by atoms with E-state index in [-0.39, 0.29) is 17.7 Å². The zero-order valence-corrected chi connectivity index (χ0v) is 16.9. The first-order chi connectivity index (χ1) is 13.7. The number of thioether (sulfide) groups is 1. The number of hydrogen-bond acceptors (Lipinski definition) is 8. The van der Waals surface area contributed by atoms with Crippen LogP contribution in [-0.4, -0.2) is 49.4 Å². The van der Waals surface area contributed by atoms with Gasteiger partial charge in [0.25, 0.3) is 0 Å². The molecule has 3 heterocycles. The van der Waals surface area contributed by atoms with Gasteiger partial charge in [-0.05, 0) is 24.1 Å². The van der Waals surface area contributed by atoms with Crippen molar-refractivity contribution in [1.29, 1.82) is 0 Å². The molecule has 0 saturated carbocycles. The van der Waals surface area contributed by atoms with Gasteiger partial charge in [-0.3, -0.25) is 0 Å². The van der Waals surface area contributed by atoms with Crippen molar-refractivity contribution < 1.29 is 9.13 Å². The number of nitrogens with one attached hydrogen (secondary N) is 3. The van der Waals surface area contributed by atoms with Gasteiger partial charge in [0.05, 0.1) is 13.3 Å². The maximum Gasteiger partial charge on any atom is 0.191 e. The summed E-state index contributed by atoms with van der Waals surface area (Å²) in [5, 5.41) is 11.0. The topological polar surface area (TPSA) is 74.3 Å². The van der Waals surface area contributed by atoms with Crippen LogP contribution in [0.3, 0.4) is 0 Å². The minimum absolute atomic E-state index is 0.168. The summed E-state index contributed by atoms with van der Waals surface area (Å²) in [6.07, 6.45) is 1.12. The summed E-state index contributed by atoms with van der Waals surface area (Å²) in [4.78, 5) is 11.8. The highest BCUT2D eigenvalue weighted by Crippen LogP contribution is 2.38. The van der Waals surface area contributed by atoms with Gasteiger partial charge >= 0.3 is 0 Å². The molecule has 7 nitrogen and oxygen atoms in total. The fourth-order valence-corrected chi connectivity index (χ4v) is 4.15. The molecule has 2 aliphatic rings. The average Bonchev–Trinajstić information content (AvgIpc) is 3.15. The van der Waals surface area contributed by atoms with Crippen molar-refractivity contribution in [2.45, 2.75) is 30.4 Å². The van der Waals surface area contributed by atoms with Crippen molar-refractivity contribution in [2.75, 3.05) is 48.8 Å². The molecular formula is C19H25FN6OS. The van der Waals surface area contributed by atoms with Gasteiger partial charge in [-0.1, -0.05) is 24.8 Å². The maximum absolute atomic E-state index is 13.9. The van der Waals surface area contributed by atoms with Crippen molar-refractivity contribution in [3.05, 3.63) is 29.6 Å². The Bertz CT molecular complexity index is 845. The van der Waals surface area contributed by atoms with Crippen LogP contribution >= 0.6 is 11.8 Å². The van der Waals surface area contributed by atoms with E-state index in [0.717, 1.165) is 55.5 Å². The number of benzene rings is 1. The Morgan fingerprint density at radius 2 is 2.07 bits per heavy atom. The van der Waals surface area contributed by atoms with Crippen molar-refractivity contribution in [3.63, 3.8) is 0 Å². The molecule has 0 bridgehead atoms. The number of rotatable bonds is 6. The molecule has 1 saturated heterocycles. The molecule has 0 radical (unpaired) electrons. The number of methoxy groups -OCH3 is 1. The maximum atomic E-state index is 13.9. The third-order valence-corrected chi connectivity index (χ3v) is 5.83. The first kappa shape index (κ1) is 19.1. The lowest BCUT2D eigenvalue weighted by Gasteiger charge is -2.29. The fraction of sp³-hybridized carbons (Fsp3) is 0.474. The van der Waals surface area contributed by atoms with Crippen LogP contribution in [0.1, 0.15) is 18.9 Å². The molecule has 3 N–H and O–H groups in total. The van der Waals surface area contributed by atoms with Gasteiger partial charge in [-0.15, -0.1) is 0 Å². The van der Waals surface area contributed by atoms with Gasteiger partial charge < -0.3 is 25.6 Å². The lowest BCUT2D eigenvalue weighted by molar-refractivity contribution is 0.386. The van der Waals surface area contributed by atoms with E-state index >= 15 is 0 Å². The summed E-state index contributed by atoms with van der Waals surface area (Å²) < 4.78 is 18.9. The van der Waals surface area contributed by atoms with Crippen LogP contribution < -0.4 is 25.6 Å². The Morgan fingerprint density at radius 1 is 1.25 bits per heavy atom. The second-order valence-corrected chi connectivity index (χ2v) is 7.74. The molecular weight excluding hydrogens is 379 g/mol. The Kier molecular flexibility index (Phi) is 5.72. The Balaban J connectivity index is 1.56. The highest BCUT2D eigenvalue weighted by Gasteiger charge is 2.28. The lowest BCUT2D eigenvalue weighted by atomic mass is 10.2. The molecule has 150 valence electrons. The minimum Gasteiger partial charge on any atom is -0.494 e. The number of halogens is 1. The van der Waals surface area contributed by atoms with Gasteiger partial charge in [0, 0.05) is 31.9 Å². The molecule has 2 aliphatic heterocycles. The van der Waals surface area contributed by atoms with Gasteiger partial charge in [0.15, 0.2) is 28.4 Å². The van der Waals surface area contributed by atoms with Crippen molar-refractivity contribution in [2.24, 2.45) is 0 Å². The summed E-state index contributed by atoms with van der Waals surface area (Å²) >= 11 is 1.51. The fourth-order valence-electron chi connectivity index (χ4n) is 3.36. The average molecular weight is 405 g/mol. The highest BCUT2D eigenvalue weighted by atomic mass is 32.2. The van der Waals surface area contributed by atoms with Crippen LogP contribution in [0.5, 0.6) is 5.75 Å². The largest absolute Gasteiger partial charge is 0.494 e. The van der Waals surface area contributed by atoms with Crippen LogP contribution in [0.25, 0.3) is 0 Å². The number of nitrogens with zero attached hydrogens (tertiary/aromatic N) is 3. The number of piperazine rings is 1. The molecule has 0 amide bonds. The highest BCUT2D eigenvalue weighted by molar-refractivity contribution is 7.98. The summed E-state index contributed by atoms with van der Waals surface area (Å²) in [5.41, 5.74) is 1.85. The number of hydrogen-bond donors (Lipinski definition) is 3. The number of anilines is 3. The molecule has 1 unspecified atom stereocenters. The van der Waals surface area contributed by atoms with Crippen LogP contribution in [-0.2, 0) is 5.75 Å². The quantitative estimate of drug-likeness (QED) is 0.501. The minimum atomic E-state index is -0.353. The van der Waals surface area contributed by atoms with E-state index in [4.69, 9.17) is 14.7 Å². The van der Waals surface area contributed by atoms with Crippen LogP contribution in [0.4, 0.5) is 21.7 Å². The number of ether oxygens (including phenoxy) is 1. The molecule has 1 fully saturated rings. The number of aromatic nitrogens is 2. The smallest absolute Gasteiger partial charge is 0.191 e. The molecule has 1 atom stereocenters. The third kappa shape index (κ3) is 3.95. The van der Waals surface area contributed by atoms with E-state index in [2.05, 4.69) is 27.8 Å². The summed E-state index contributed by atoms with van der Waals surface area (Å²) in [5.74, 6) is 2.28. The second-order valence-electron chi connectivity index (χ2n) is 6.80. The standard InChI is InChI=1S/C19H25FN6OS/c1-3-15-22-16-17(23-15)24-19(25-18(16)26-8-6-21-7-9-26)28-11-12-4-5-14(27-2)13(20)10-12/h4-5,10,15,21-22H,3,6-9,11H2,1-2H3,(H,23,24,25). The molecule has 4 rings (SSSR count). The molecule has 0 aliphatic carbocycles. The van der Waals surface area contributed by atoms with Gasteiger partial charge in [0.2, 0.25) is 0 Å². The summed E-state index contributed by atoms with van der Waals surface area (Å²) in [7, 11) is 1.47. The van der Waals surface area contributed by atoms with Crippen molar-refractivity contribution in [1.82, 2.24) is 15.3 Å². The Hall–Kier alpha value is -2.26. The van der Waals surface area contributed by atoms with Crippen molar-refractivity contribution >= 4 is 29.1 Å². The summed E-state index contributed by atoms with van der Waals surface area (Å²) in [6, 6.07) is 5.02. The van der Waals surface area contributed by atoms with Crippen LogP contribution in [0.15, 0.2) is 23.4 Å². The predicted octanol–water partition coefficient (Wildman–Crippen LogP) is 2.90. The predicted molar refractivity (Wildman–Crippen MR) is 111 cm³/mol. The van der Waals surface area contributed by atoms with E-state index < -0.39 is 0 Å². The van der Waals surface area contributed by atoms with Gasteiger partial charge in [-0.25, -0.2) is 14.4 Å². The lowest BCUT2D eigenvalue weighted by Crippen LogP contribution is -2.44. The van der Waals surface area contributed by atoms with Crippen LogP contribution in [0, 0.1) is 5.82 Å². The molecule has 0 spiro atoms. The number of fused-ring (bicyclic) bond motifs is 1. The van der Waals surface area contributed by atoms with Crippen LogP contribution in [0.2, 0.25) is 0 Å². The van der Waals surface area contributed by atoms with Gasteiger partial charge in [0.1, 0.15) is 5.69 Å².